The molecular formula is C20H25N5OS. The topological polar surface area (TPSA) is 62.3 Å². The number of nitrogens with one attached hydrogen (secondary N) is 2. The number of benzene rings is 1. The number of aromatic nitrogens is 2. The Balaban J connectivity index is 1.57. The number of piperidine rings is 1. The highest BCUT2D eigenvalue weighted by Crippen LogP contribution is 2.28. The Morgan fingerprint density at radius 1 is 1.19 bits per heavy atom. The second-order valence-corrected chi connectivity index (χ2v) is 7.78. The van der Waals surface area contributed by atoms with E-state index >= 15 is 0 Å². The lowest BCUT2D eigenvalue weighted by atomic mass is 10.0. The van der Waals surface area contributed by atoms with Crippen molar-refractivity contribution in [2.75, 3.05) is 23.3 Å². The predicted molar refractivity (Wildman–Crippen MR) is 112 cm³/mol. The summed E-state index contributed by atoms with van der Waals surface area (Å²) in [5, 5.41) is 6.95. The summed E-state index contributed by atoms with van der Waals surface area (Å²) in [6, 6.07) is 12.1. The smallest absolute Gasteiger partial charge is 0.234 e. The number of para-hydroxylation sites is 1. The van der Waals surface area contributed by atoms with Gasteiger partial charge in [0.25, 0.3) is 0 Å². The van der Waals surface area contributed by atoms with E-state index in [1.807, 2.05) is 36.4 Å². The van der Waals surface area contributed by atoms with Gasteiger partial charge < -0.3 is 20.3 Å². The van der Waals surface area contributed by atoms with Crippen LogP contribution in [0.2, 0.25) is 0 Å². The Kier molecular flexibility index (Phi) is 5.38. The lowest BCUT2D eigenvalue weighted by Gasteiger charge is -2.32. The summed E-state index contributed by atoms with van der Waals surface area (Å²) in [4.78, 5) is 11.5. The van der Waals surface area contributed by atoms with Gasteiger partial charge in [-0.15, -0.1) is 0 Å². The van der Waals surface area contributed by atoms with E-state index in [2.05, 4.69) is 27.4 Å². The third kappa shape index (κ3) is 5.07. The minimum Gasteiger partial charge on any atom is -0.439 e. The summed E-state index contributed by atoms with van der Waals surface area (Å²) >= 11 is 5.39. The van der Waals surface area contributed by atoms with Crippen LogP contribution in [0, 0.1) is 5.92 Å². The molecule has 2 heterocycles. The second kappa shape index (κ2) is 8.08. The molecule has 0 spiro atoms. The zero-order chi connectivity index (χ0) is 18.6. The number of nitrogens with zero attached hydrogens (tertiary/aromatic N) is 3. The highest BCUT2D eigenvalue weighted by Gasteiger charge is 2.23. The van der Waals surface area contributed by atoms with E-state index in [0.717, 1.165) is 37.5 Å². The van der Waals surface area contributed by atoms with Gasteiger partial charge in [-0.25, -0.2) is 0 Å². The maximum atomic E-state index is 5.97. The Bertz CT molecular complexity index is 796. The maximum Gasteiger partial charge on any atom is 0.234 e. The fourth-order valence-corrected chi connectivity index (χ4v) is 3.50. The van der Waals surface area contributed by atoms with Crippen LogP contribution in [0.25, 0.3) is 0 Å². The van der Waals surface area contributed by atoms with Crippen molar-refractivity contribution < 1.29 is 4.74 Å². The van der Waals surface area contributed by atoms with E-state index in [9.17, 15) is 0 Å². The number of rotatable bonds is 5. The third-order valence-corrected chi connectivity index (χ3v) is 4.99. The molecule has 2 aromatic rings. The van der Waals surface area contributed by atoms with E-state index < -0.39 is 0 Å². The molecule has 7 heteroatoms. The van der Waals surface area contributed by atoms with E-state index in [1.165, 1.54) is 12.8 Å². The van der Waals surface area contributed by atoms with Crippen molar-refractivity contribution in [3.05, 3.63) is 36.4 Å². The second-order valence-electron chi connectivity index (χ2n) is 7.37. The van der Waals surface area contributed by atoms with Gasteiger partial charge in [0, 0.05) is 25.2 Å². The number of ether oxygens (including phenoxy) is 1. The van der Waals surface area contributed by atoms with E-state index in [4.69, 9.17) is 21.9 Å². The molecule has 2 N–H and O–H groups in total. The van der Waals surface area contributed by atoms with Crippen molar-refractivity contribution in [3.8, 4) is 11.6 Å². The first-order valence-electron chi connectivity index (χ1n) is 9.60. The van der Waals surface area contributed by atoms with Gasteiger partial charge in [0.15, 0.2) is 5.11 Å². The summed E-state index contributed by atoms with van der Waals surface area (Å²) in [6.45, 7) is 4.27. The molecule has 1 unspecified atom stereocenters. The zero-order valence-corrected chi connectivity index (χ0v) is 16.3. The molecule has 1 saturated heterocycles. The van der Waals surface area contributed by atoms with Crippen LogP contribution in [0.3, 0.4) is 0 Å². The average molecular weight is 384 g/mol. The molecule has 0 amide bonds. The third-order valence-electron chi connectivity index (χ3n) is 4.77. The molecule has 0 radical (unpaired) electrons. The van der Waals surface area contributed by atoms with Gasteiger partial charge in [0.05, 0.1) is 0 Å². The van der Waals surface area contributed by atoms with Gasteiger partial charge in [-0.1, -0.05) is 25.1 Å². The summed E-state index contributed by atoms with van der Waals surface area (Å²) in [7, 11) is 0. The standard InChI is InChI=1S/C20H25N5OS/c1-14-6-5-11-25(13-14)17-12-18(26-16-7-3-2-4-8-16)23-19(22-17)24-20(27)21-15-9-10-15/h2-4,7-8,12,14-15H,5-6,9-11,13H2,1H3,(H2,21,22,23,24,27). The van der Waals surface area contributed by atoms with Crippen LogP contribution in [0.15, 0.2) is 36.4 Å². The van der Waals surface area contributed by atoms with Crippen LogP contribution >= 0.6 is 12.2 Å². The van der Waals surface area contributed by atoms with E-state index in [-0.39, 0.29) is 0 Å². The summed E-state index contributed by atoms with van der Waals surface area (Å²) < 4.78 is 5.97. The molecule has 4 rings (SSSR count). The van der Waals surface area contributed by atoms with Crippen molar-refractivity contribution in [2.45, 2.75) is 38.6 Å². The van der Waals surface area contributed by atoms with Gasteiger partial charge in [-0.05, 0) is 56.0 Å². The molecule has 1 atom stereocenters. The van der Waals surface area contributed by atoms with Crippen LogP contribution < -0.4 is 20.3 Å². The first kappa shape index (κ1) is 18.0. The van der Waals surface area contributed by atoms with Crippen molar-refractivity contribution in [2.24, 2.45) is 5.92 Å². The highest BCUT2D eigenvalue weighted by molar-refractivity contribution is 7.80. The van der Waals surface area contributed by atoms with Gasteiger partial charge in [0.1, 0.15) is 11.6 Å². The molecule has 1 aromatic heterocycles. The minimum atomic E-state index is 0.467. The maximum absolute atomic E-state index is 5.97. The molecule has 2 aliphatic rings. The van der Waals surface area contributed by atoms with Gasteiger partial charge in [0.2, 0.25) is 11.8 Å². The molecule has 1 aliphatic heterocycles. The number of hydrogen-bond donors (Lipinski definition) is 2. The molecule has 1 saturated carbocycles. The molecule has 1 aromatic carbocycles. The van der Waals surface area contributed by atoms with Gasteiger partial charge in [-0.3, -0.25) is 0 Å². The van der Waals surface area contributed by atoms with Crippen LogP contribution in [0.5, 0.6) is 11.6 Å². The molecule has 142 valence electrons. The summed E-state index contributed by atoms with van der Waals surface area (Å²) in [5.74, 6) is 3.26. The monoisotopic (exact) mass is 383 g/mol. The Morgan fingerprint density at radius 3 is 2.74 bits per heavy atom. The van der Waals surface area contributed by atoms with Crippen molar-refractivity contribution in [1.29, 1.82) is 0 Å². The first-order chi connectivity index (χ1) is 13.2. The van der Waals surface area contributed by atoms with Crippen LogP contribution in [0.4, 0.5) is 11.8 Å². The SMILES string of the molecule is CC1CCCN(c2cc(Oc3ccccc3)nc(NC(=S)NC3CC3)n2)C1. The molecule has 2 fully saturated rings. The fourth-order valence-electron chi connectivity index (χ4n) is 3.24. The molecule has 6 nitrogen and oxygen atoms in total. The zero-order valence-electron chi connectivity index (χ0n) is 15.5. The highest BCUT2D eigenvalue weighted by atomic mass is 32.1. The van der Waals surface area contributed by atoms with Gasteiger partial charge in [-0.2, -0.15) is 9.97 Å². The van der Waals surface area contributed by atoms with Crippen LogP contribution in [0.1, 0.15) is 32.6 Å². The largest absolute Gasteiger partial charge is 0.439 e. The number of anilines is 2. The van der Waals surface area contributed by atoms with Gasteiger partial charge >= 0.3 is 0 Å². The van der Waals surface area contributed by atoms with Crippen LogP contribution in [-0.4, -0.2) is 34.2 Å². The Morgan fingerprint density at radius 2 is 2.00 bits per heavy atom. The minimum absolute atomic E-state index is 0.467. The average Bonchev–Trinajstić information content (AvgIpc) is 3.46. The van der Waals surface area contributed by atoms with Crippen molar-refractivity contribution in [3.63, 3.8) is 0 Å². The Labute approximate surface area is 165 Å². The lowest BCUT2D eigenvalue weighted by Crippen LogP contribution is -2.35. The summed E-state index contributed by atoms with van der Waals surface area (Å²) in [6.07, 6.45) is 4.76. The molecule has 0 bridgehead atoms. The Hall–Kier alpha value is -2.41. The van der Waals surface area contributed by atoms with Crippen molar-refractivity contribution in [1.82, 2.24) is 15.3 Å². The van der Waals surface area contributed by atoms with Crippen LogP contribution in [-0.2, 0) is 0 Å². The number of thiocarbonyl (C=S) groups is 1. The summed E-state index contributed by atoms with van der Waals surface area (Å²) in [5.41, 5.74) is 0. The van der Waals surface area contributed by atoms with Crippen molar-refractivity contribution >= 4 is 29.1 Å². The predicted octanol–water partition coefficient (Wildman–Crippen LogP) is 3.95. The van der Waals surface area contributed by atoms with E-state index in [1.54, 1.807) is 0 Å². The molecule has 27 heavy (non-hydrogen) atoms. The lowest BCUT2D eigenvalue weighted by molar-refractivity contribution is 0.440. The quantitative estimate of drug-likeness (QED) is 0.758. The number of hydrogen-bond acceptors (Lipinski definition) is 5. The molecular weight excluding hydrogens is 358 g/mol. The first-order valence-corrected chi connectivity index (χ1v) is 10.0. The fraction of sp³-hybridized carbons (Fsp3) is 0.450. The van der Waals surface area contributed by atoms with E-state index in [0.29, 0.717) is 28.9 Å². The normalized spacial score (nSPS) is 19.4. The molecule has 1 aliphatic carbocycles.